The zero-order chi connectivity index (χ0) is 10.8. The van der Waals surface area contributed by atoms with E-state index in [-0.39, 0.29) is 16.3 Å². The zero-order valence-electron chi connectivity index (χ0n) is 6.95. The fourth-order valence-corrected chi connectivity index (χ4v) is 1.52. The van der Waals surface area contributed by atoms with Crippen LogP contribution >= 0.6 is 23.2 Å². The molecule has 0 radical (unpaired) electrons. The maximum atomic E-state index is 11.0. The Kier molecular flexibility index (Phi) is 3.48. The van der Waals surface area contributed by atoms with Crippen molar-refractivity contribution in [2.45, 2.75) is 0 Å². The van der Waals surface area contributed by atoms with Crippen molar-refractivity contribution >= 4 is 39.2 Å². The Balaban J connectivity index is 2.98. The second-order valence-electron chi connectivity index (χ2n) is 2.15. The SMILES string of the molecule is CNS(=O)(=O)Nc1cc(Cl)nc(Cl)n1. The molecule has 0 bridgehead atoms. The topological polar surface area (TPSA) is 84.0 Å². The second-order valence-corrected chi connectivity index (χ2v) is 4.50. The first-order chi connectivity index (χ1) is 6.43. The summed E-state index contributed by atoms with van der Waals surface area (Å²) >= 11 is 11.0. The van der Waals surface area contributed by atoms with E-state index in [0.29, 0.717) is 0 Å². The Bertz CT molecular complexity index is 415. The van der Waals surface area contributed by atoms with Gasteiger partial charge in [0.1, 0.15) is 11.0 Å². The Labute approximate surface area is 90.8 Å². The quantitative estimate of drug-likeness (QED) is 0.615. The normalized spacial score (nSPS) is 11.4. The molecule has 0 saturated carbocycles. The van der Waals surface area contributed by atoms with Gasteiger partial charge in [-0.15, -0.1) is 0 Å². The van der Waals surface area contributed by atoms with Crippen LogP contribution in [0.15, 0.2) is 6.07 Å². The third-order valence-corrected chi connectivity index (χ3v) is 2.55. The summed E-state index contributed by atoms with van der Waals surface area (Å²) < 4.78 is 26.2. The van der Waals surface area contributed by atoms with Crippen LogP contribution in [0.2, 0.25) is 10.4 Å². The molecule has 0 spiro atoms. The summed E-state index contributed by atoms with van der Waals surface area (Å²) in [6.45, 7) is 0. The largest absolute Gasteiger partial charge is 0.300 e. The van der Waals surface area contributed by atoms with Crippen molar-refractivity contribution in [3.63, 3.8) is 0 Å². The lowest BCUT2D eigenvalue weighted by Crippen LogP contribution is -2.26. The van der Waals surface area contributed by atoms with Gasteiger partial charge in [-0.1, -0.05) is 11.6 Å². The predicted octanol–water partition coefficient (Wildman–Crippen LogP) is 0.659. The van der Waals surface area contributed by atoms with Gasteiger partial charge in [0.05, 0.1) is 0 Å². The van der Waals surface area contributed by atoms with E-state index in [1.165, 1.54) is 13.1 Å². The number of hydrogen-bond donors (Lipinski definition) is 2. The fourth-order valence-electron chi connectivity index (χ4n) is 0.631. The van der Waals surface area contributed by atoms with E-state index < -0.39 is 10.2 Å². The number of anilines is 1. The van der Waals surface area contributed by atoms with Crippen LogP contribution in [0.3, 0.4) is 0 Å². The van der Waals surface area contributed by atoms with Gasteiger partial charge in [-0.3, -0.25) is 4.72 Å². The molecule has 0 fully saturated rings. The van der Waals surface area contributed by atoms with Crippen molar-refractivity contribution in [2.24, 2.45) is 0 Å². The molecule has 1 aromatic rings. The molecular weight excluding hydrogens is 251 g/mol. The molecule has 0 amide bonds. The summed E-state index contributed by atoms with van der Waals surface area (Å²) in [5.74, 6) is 0.00403. The van der Waals surface area contributed by atoms with Gasteiger partial charge < -0.3 is 0 Å². The Hall–Kier alpha value is -0.630. The van der Waals surface area contributed by atoms with E-state index >= 15 is 0 Å². The number of aromatic nitrogens is 2. The van der Waals surface area contributed by atoms with Gasteiger partial charge in [-0.25, -0.2) is 9.71 Å². The van der Waals surface area contributed by atoms with E-state index in [9.17, 15) is 8.42 Å². The van der Waals surface area contributed by atoms with Gasteiger partial charge in [-0.2, -0.15) is 13.4 Å². The molecule has 2 N–H and O–H groups in total. The van der Waals surface area contributed by atoms with Crippen LogP contribution in [0.4, 0.5) is 5.82 Å². The molecule has 0 aliphatic carbocycles. The first-order valence-electron chi connectivity index (χ1n) is 3.34. The van der Waals surface area contributed by atoms with Crippen LogP contribution in [0, 0.1) is 0 Å². The van der Waals surface area contributed by atoms with Crippen LogP contribution in [0.25, 0.3) is 0 Å². The Morgan fingerprint density at radius 1 is 1.36 bits per heavy atom. The maximum Gasteiger partial charge on any atom is 0.300 e. The summed E-state index contributed by atoms with van der Waals surface area (Å²) in [6, 6.07) is 1.24. The maximum absolute atomic E-state index is 11.0. The Morgan fingerprint density at radius 3 is 2.50 bits per heavy atom. The van der Waals surface area contributed by atoms with Gasteiger partial charge in [0.2, 0.25) is 5.28 Å². The Morgan fingerprint density at radius 2 is 2.00 bits per heavy atom. The van der Waals surface area contributed by atoms with E-state index in [0.717, 1.165) is 0 Å². The molecule has 1 aromatic heterocycles. The molecule has 78 valence electrons. The highest BCUT2D eigenvalue weighted by molar-refractivity contribution is 7.90. The van der Waals surface area contributed by atoms with E-state index in [1.807, 2.05) is 4.72 Å². The first-order valence-corrected chi connectivity index (χ1v) is 5.58. The number of halogens is 2. The summed E-state index contributed by atoms with van der Waals surface area (Å²) in [7, 11) is -2.36. The molecule has 1 rings (SSSR count). The van der Waals surface area contributed by atoms with Crippen LogP contribution in [0.1, 0.15) is 0 Å². The van der Waals surface area contributed by atoms with Crippen molar-refractivity contribution in [2.75, 3.05) is 11.8 Å². The minimum atomic E-state index is -3.61. The van der Waals surface area contributed by atoms with Gasteiger partial charge in [0.15, 0.2) is 0 Å². The lowest BCUT2D eigenvalue weighted by molar-refractivity contribution is 0.593. The van der Waals surface area contributed by atoms with Gasteiger partial charge >= 0.3 is 0 Å². The van der Waals surface area contributed by atoms with E-state index in [4.69, 9.17) is 23.2 Å². The molecule has 6 nitrogen and oxygen atoms in total. The predicted molar refractivity (Wildman–Crippen MR) is 53.7 cm³/mol. The number of rotatable bonds is 3. The lowest BCUT2D eigenvalue weighted by Gasteiger charge is -2.05. The average molecular weight is 257 g/mol. The molecule has 9 heteroatoms. The monoisotopic (exact) mass is 256 g/mol. The lowest BCUT2D eigenvalue weighted by atomic mass is 10.6. The fraction of sp³-hybridized carbons (Fsp3) is 0.200. The smallest absolute Gasteiger partial charge is 0.254 e. The van der Waals surface area contributed by atoms with E-state index in [1.54, 1.807) is 0 Å². The molecule has 0 atom stereocenters. The molecule has 1 heterocycles. The summed E-state index contributed by atoms with van der Waals surface area (Å²) in [6.07, 6.45) is 0. The van der Waals surface area contributed by atoms with Gasteiger partial charge in [-0.05, 0) is 11.6 Å². The minimum Gasteiger partial charge on any atom is -0.254 e. The van der Waals surface area contributed by atoms with Gasteiger partial charge in [0, 0.05) is 13.1 Å². The minimum absolute atomic E-state index is 0.00403. The van der Waals surface area contributed by atoms with Crippen molar-refractivity contribution < 1.29 is 8.42 Å². The summed E-state index contributed by atoms with van der Waals surface area (Å²) in [5, 5.41) is -0.0786. The molecule has 14 heavy (non-hydrogen) atoms. The zero-order valence-corrected chi connectivity index (χ0v) is 9.28. The number of nitrogens with zero attached hydrogens (tertiary/aromatic N) is 2. The third-order valence-electron chi connectivity index (χ3n) is 1.18. The van der Waals surface area contributed by atoms with Gasteiger partial charge in [0.25, 0.3) is 10.2 Å². The standard InChI is InChI=1S/C5H6Cl2N4O2S/c1-8-14(12,13)11-4-2-3(6)9-5(7)10-4/h2,8H,1H3,(H,9,10,11). The van der Waals surface area contributed by atoms with Crippen LogP contribution in [-0.4, -0.2) is 25.4 Å². The van der Waals surface area contributed by atoms with Crippen molar-refractivity contribution in [3.05, 3.63) is 16.5 Å². The third kappa shape index (κ3) is 3.26. The average Bonchev–Trinajstić information content (AvgIpc) is 2.01. The first kappa shape index (κ1) is 11.4. The second kappa shape index (κ2) is 4.26. The molecular formula is C5H6Cl2N4O2S. The van der Waals surface area contributed by atoms with E-state index in [2.05, 4.69) is 14.7 Å². The number of hydrogen-bond acceptors (Lipinski definition) is 4. The highest BCUT2D eigenvalue weighted by Crippen LogP contribution is 2.14. The molecule has 0 unspecified atom stereocenters. The molecule has 0 aromatic carbocycles. The highest BCUT2D eigenvalue weighted by Gasteiger charge is 2.08. The highest BCUT2D eigenvalue weighted by atomic mass is 35.5. The number of nitrogens with one attached hydrogen (secondary N) is 2. The van der Waals surface area contributed by atoms with Crippen molar-refractivity contribution in [3.8, 4) is 0 Å². The summed E-state index contributed by atoms with van der Waals surface area (Å²) in [4.78, 5) is 7.16. The molecule has 0 aliphatic heterocycles. The van der Waals surface area contributed by atoms with Crippen LogP contribution in [-0.2, 0) is 10.2 Å². The summed E-state index contributed by atoms with van der Waals surface area (Å²) in [5.41, 5.74) is 0. The van der Waals surface area contributed by atoms with Crippen LogP contribution < -0.4 is 9.44 Å². The molecule has 0 aliphatic rings. The van der Waals surface area contributed by atoms with Crippen molar-refractivity contribution in [1.29, 1.82) is 0 Å². The van der Waals surface area contributed by atoms with Crippen LogP contribution in [0.5, 0.6) is 0 Å². The molecule has 0 saturated heterocycles. The van der Waals surface area contributed by atoms with Crippen molar-refractivity contribution in [1.82, 2.24) is 14.7 Å².